The van der Waals surface area contributed by atoms with Crippen molar-refractivity contribution in [2.45, 2.75) is 19.9 Å². The molecule has 0 radical (unpaired) electrons. The Labute approximate surface area is 115 Å². The van der Waals surface area contributed by atoms with Gasteiger partial charge in [-0.3, -0.25) is 0 Å². The summed E-state index contributed by atoms with van der Waals surface area (Å²) < 4.78 is 2.13. The summed E-state index contributed by atoms with van der Waals surface area (Å²) in [6.45, 7) is 4.25. The number of aromatic nitrogens is 2. The lowest BCUT2D eigenvalue weighted by atomic mass is 10.1. The second kappa shape index (κ2) is 4.15. The monoisotopic (exact) mass is 278 g/mol. The number of pyridine rings is 1. The van der Waals surface area contributed by atoms with Gasteiger partial charge in [-0.1, -0.05) is 35.3 Å². The molecule has 2 nitrogen and oxygen atoms in total. The fraction of sp³-hybridized carbons (Fsp3) is 0.214. The Morgan fingerprint density at radius 3 is 2.61 bits per heavy atom. The lowest BCUT2D eigenvalue weighted by Gasteiger charge is -2.11. The van der Waals surface area contributed by atoms with Crippen LogP contribution in [0.2, 0.25) is 10.2 Å². The second-order valence-electron chi connectivity index (χ2n) is 4.62. The van der Waals surface area contributed by atoms with Crippen LogP contribution in [-0.4, -0.2) is 9.55 Å². The summed E-state index contributed by atoms with van der Waals surface area (Å²) in [5.41, 5.74) is 1.74. The van der Waals surface area contributed by atoms with E-state index in [0.29, 0.717) is 16.2 Å². The molecular weight excluding hydrogens is 267 g/mol. The van der Waals surface area contributed by atoms with Gasteiger partial charge in [0.25, 0.3) is 0 Å². The smallest absolute Gasteiger partial charge is 0.154 e. The van der Waals surface area contributed by atoms with Gasteiger partial charge in [-0.05, 0) is 26.0 Å². The van der Waals surface area contributed by atoms with Crippen LogP contribution in [0.5, 0.6) is 0 Å². The summed E-state index contributed by atoms with van der Waals surface area (Å²) in [6.07, 6.45) is 2.04. The summed E-state index contributed by atoms with van der Waals surface area (Å²) in [4.78, 5) is 4.43. The summed E-state index contributed by atoms with van der Waals surface area (Å²) in [6, 6.07) is 8.21. The molecule has 0 amide bonds. The second-order valence-corrected chi connectivity index (χ2v) is 5.38. The van der Waals surface area contributed by atoms with Crippen molar-refractivity contribution in [3.63, 3.8) is 0 Å². The normalized spacial score (nSPS) is 11.8. The van der Waals surface area contributed by atoms with E-state index in [-0.39, 0.29) is 0 Å². The highest BCUT2D eigenvalue weighted by Crippen LogP contribution is 2.34. The van der Waals surface area contributed by atoms with Gasteiger partial charge in [-0.2, -0.15) is 0 Å². The van der Waals surface area contributed by atoms with Crippen LogP contribution in [0.25, 0.3) is 21.8 Å². The fourth-order valence-corrected chi connectivity index (χ4v) is 2.81. The predicted molar refractivity (Wildman–Crippen MR) is 77.6 cm³/mol. The number of hydrogen-bond donors (Lipinski definition) is 0. The van der Waals surface area contributed by atoms with Crippen LogP contribution >= 0.6 is 23.2 Å². The van der Waals surface area contributed by atoms with Crippen molar-refractivity contribution in [3.8, 4) is 0 Å². The molecule has 0 atom stereocenters. The zero-order chi connectivity index (χ0) is 12.9. The third-order valence-corrected chi connectivity index (χ3v) is 3.72. The standard InChI is InChI=1S/C14H12Cl2N2/c1-8(2)18-7-6-10-9-4-3-5-11(15)12(9)17-14(16)13(10)18/h3-8H,1-2H3. The van der Waals surface area contributed by atoms with Crippen molar-refractivity contribution >= 4 is 45.0 Å². The highest BCUT2D eigenvalue weighted by Gasteiger charge is 2.13. The van der Waals surface area contributed by atoms with E-state index in [9.17, 15) is 0 Å². The molecule has 3 rings (SSSR count). The van der Waals surface area contributed by atoms with Gasteiger partial charge in [0, 0.05) is 23.0 Å². The molecule has 3 aromatic rings. The zero-order valence-electron chi connectivity index (χ0n) is 10.1. The lowest BCUT2D eigenvalue weighted by molar-refractivity contribution is 0.622. The van der Waals surface area contributed by atoms with Crippen molar-refractivity contribution in [2.75, 3.05) is 0 Å². The molecule has 0 saturated carbocycles. The maximum absolute atomic E-state index is 6.31. The summed E-state index contributed by atoms with van der Waals surface area (Å²) in [7, 11) is 0. The average molecular weight is 279 g/mol. The molecule has 2 aromatic heterocycles. The number of nitrogens with zero attached hydrogens (tertiary/aromatic N) is 2. The largest absolute Gasteiger partial charge is 0.342 e. The van der Waals surface area contributed by atoms with Gasteiger partial charge in [0.1, 0.15) is 0 Å². The van der Waals surface area contributed by atoms with Gasteiger partial charge in [-0.25, -0.2) is 4.98 Å². The van der Waals surface area contributed by atoms with E-state index in [0.717, 1.165) is 21.8 Å². The van der Waals surface area contributed by atoms with E-state index < -0.39 is 0 Å². The minimum atomic E-state index is 0.346. The number of para-hydroxylation sites is 1. The fourth-order valence-electron chi connectivity index (χ4n) is 2.31. The molecule has 0 aliphatic carbocycles. The molecule has 2 heterocycles. The zero-order valence-corrected chi connectivity index (χ0v) is 11.6. The highest BCUT2D eigenvalue weighted by molar-refractivity contribution is 6.38. The maximum Gasteiger partial charge on any atom is 0.154 e. The molecular formula is C14H12Cl2N2. The first kappa shape index (κ1) is 11.8. The van der Waals surface area contributed by atoms with E-state index in [1.165, 1.54) is 0 Å². The first-order valence-corrected chi connectivity index (χ1v) is 6.59. The minimum Gasteiger partial charge on any atom is -0.342 e. The van der Waals surface area contributed by atoms with E-state index >= 15 is 0 Å². The first-order valence-electron chi connectivity index (χ1n) is 5.84. The van der Waals surface area contributed by atoms with Gasteiger partial charge < -0.3 is 4.57 Å². The molecule has 4 heteroatoms. The predicted octanol–water partition coefficient (Wildman–Crippen LogP) is 5.08. The van der Waals surface area contributed by atoms with Crippen molar-refractivity contribution < 1.29 is 0 Å². The Morgan fingerprint density at radius 2 is 1.89 bits per heavy atom. The molecule has 0 bridgehead atoms. The van der Waals surface area contributed by atoms with Crippen LogP contribution in [0.4, 0.5) is 0 Å². The van der Waals surface area contributed by atoms with E-state index in [2.05, 4.69) is 29.5 Å². The number of benzene rings is 1. The Kier molecular flexibility index (Phi) is 2.72. The van der Waals surface area contributed by atoms with Gasteiger partial charge in [-0.15, -0.1) is 0 Å². The third-order valence-electron chi connectivity index (χ3n) is 3.15. The van der Waals surface area contributed by atoms with Crippen LogP contribution < -0.4 is 0 Å². The van der Waals surface area contributed by atoms with Crippen LogP contribution in [0.3, 0.4) is 0 Å². The molecule has 18 heavy (non-hydrogen) atoms. The van der Waals surface area contributed by atoms with Crippen LogP contribution in [0.1, 0.15) is 19.9 Å². The number of fused-ring (bicyclic) bond motifs is 3. The Bertz CT molecular complexity index is 744. The summed E-state index contributed by atoms with van der Waals surface area (Å²) in [5.74, 6) is 0. The lowest BCUT2D eigenvalue weighted by Crippen LogP contribution is -1.99. The SMILES string of the molecule is CC(C)n1ccc2c3cccc(Cl)c3nc(Cl)c21. The van der Waals surface area contributed by atoms with E-state index in [4.69, 9.17) is 23.2 Å². The Morgan fingerprint density at radius 1 is 1.11 bits per heavy atom. The average Bonchev–Trinajstić information content (AvgIpc) is 2.76. The van der Waals surface area contributed by atoms with Crippen LogP contribution in [0, 0.1) is 0 Å². The minimum absolute atomic E-state index is 0.346. The van der Waals surface area contributed by atoms with Gasteiger partial charge >= 0.3 is 0 Å². The molecule has 92 valence electrons. The first-order chi connectivity index (χ1) is 8.59. The highest BCUT2D eigenvalue weighted by atomic mass is 35.5. The molecule has 0 aliphatic heterocycles. The van der Waals surface area contributed by atoms with Gasteiger partial charge in [0.05, 0.1) is 16.1 Å². The molecule has 0 aliphatic rings. The van der Waals surface area contributed by atoms with Crippen molar-refractivity contribution in [1.29, 1.82) is 0 Å². The van der Waals surface area contributed by atoms with Gasteiger partial charge in [0.15, 0.2) is 5.15 Å². The maximum atomic E-state index is 6.31. The van der Waals surface area contributed by atoms with Gasteiger partial charge in [0.2, 0.25) is 0 Å². The molecule has 0 fully saturated rings. The van der Waals surface area contributed by atoms with E-state index in [1.54, 1.807) is 0 Å². The summed E-state index contributed by atoms with van der Waals surface area (Å²) in [5, 5.41) is 3.28. The third kappa shape index (κ3) is 1.60. The molecule has 0 saturated heterocycles. The quantitative estimate of drug-likeness (QED) is 0.568. The Balaban J connectivity index is 2.53. The topological polar surface area (TPSA) is 17.8 Å². The van der Waals surface area contributed by atoms with Crippen LogP contribution in [-0.2, 0) is 0 Å². The molecule has 0 N–H and O–H groups in total. The van der Waals surface area contributed by atoms with Crippen LogP contribution in [0.15, 0.2) is 30.5 Å². The number of rotatable bonds is 1. The Hall–Kier alpha value is -1.25. The van der Waals surface area contributed by atoms with E-state index in [1.807, 2.05) is 24.4 Å². The van der Waals surface area contributed by atoms with Crippen molar-refractivity contribution in [2.24, 2.45) is 0 Å². The molecule has 0 unspecified atom stereocenters. The summed E-state index contributed by atoms with van der Waals surface area (Å²) >= 11 is 12.5. The number of halogens is 2. The number of hydrogen-bond acceptors (Lipinski definition) is 1. The molecule has 1 aromatic carbocycles. The van der Waals surface area contributed by atoms with Crippen molar-refractivity contribution in [3.05, 3.63) is 40.6 Å². The van der Waals surface area contributed by atoms with Crippen molar-refractivity contribution in [1.82, 2.24) is 9.55 Å². The molecule has 0 spiro atoms.